The molecular weight excluding hydrogens is 218 g/mol. The molecule has 0 bridgehead atoms. The minimum absolute atomic E-state index is 0.0230. The van der Waals surface area contributed by atoms with Crippen molar-refractivity contribution in [2.75, 3.05) is 26.7 Å². The molecule has 2 rings (SSSR count). The molecule has 2 amide bonds. The Labute approximate surface area is 101 Å². The summed E-state index contributed by atoms with van der Waals surface area (Å²) in [5.74, 6) is 0.799. The van der Waals surface area contributed by atoms with Crippen LogP contribution in [0.15, 0.2) is 24.3 Å². The summed E-state index contributed by atoms with van der Waals surface area (Å²) in [6.45, 7) is 1.69. The van der Waals surface area contributed by atoms with E-state index in [-0.39, 0.29) is 12.1 Å². The highest BCUT2D eigenvalue weighted by molar-refractivity contribution is 5.77. The molecule has 0 radical (unpaired) electrons. The monoisotopic (exact) mass is 235 g/mol. The van der Waals surface area contributed by atoms with Crippen molar-refractivity contribution in [3.05, 3.63) is 29.8 Å². The molecule has 1 atom stereocenters. The van der Waals surface area contributed by atoms with Crippen LogP contribution in [0.3, 0.4) is 0 Å². The number of hydrogen-bond acceptors (Lipinski definition) is 3. The van der Waals surface area contributed by atoms with Crippen LogP contribution in [0.4, 0.5) is 4.79 Å². The second kappa shape index (κ2) is 5.05. The molecule has 3 N–H and O–H groups in total. The molecule has 0 aromatic heterocycles. The molecule has 1 saturated heterocycles. The number of carbonyl (C=O) groups is 1. The molecule has 5 heteroatoms. The number of nitrogens with two attached hydrogens (primary N) is 1. The zero-order chi connectivity index (χ0) is 12.3. The Morgan fingerprint density at radius 1 is 1.53 bits per heavy atom. The van der Waals surface area contributed by atoms with Crippen molar-refractivity contribution in [2.45, 2.75) is 6.04 Å². The number of nitrogens with one attached hydrogen (secondary N) is 1. The largest absolute Gasteiger partial charge is 0.496 e. The average molecular weight is 235 g/mol. The normalized spacial score (nSPS) is 19.3. The summed E-state index contributed by atoms with van der Waals surface area (Å²) in [5, 5.41) is 2.93. The zero-order valence-corrected chi connectivity index (χ0v) is 9.85. The summed E-state index contributed by atoms with van der Waals surface area (Å²) in [5.41, 5.74) is 6.47. The van der Waals surface area contributed by atoms with Gasteiger partial charge in [0, 0.05) is 25.2 Å². The predicted molar refractivity (Wildman–Crippen MR) is 64.9 cm³/mol. The van der Waals surface area contributed by atoms with Gasteiger partial charge in [0.05, 0.1) is 13.2 Å². The number of hydrogen-bond donors (Lipinski definition) is 2. The molecule has 1 aliphatic rings. The lowest BCUT2D eigenvalue weighted by Gasteiger charge is -2.15. The molecule has 1 aliphatic heterocycles. The Morgan fingerprint density at radius 3 is 3.00 bits per heavy atom. The minimum Gasteiger partial charge on any atom is -0.496 e. The number of rotatable bonds is 4. The van der Waals surface area contributed by atoms with Gasteiger partial charge in [-0.25, -0.2) is 4.79 Å². The number of ether oxygens (including phenoxy) is 1. The summed E-state index contributed by atoms with van der Waals surface area (Å²) in [6, 6.07) is 7.63. The first kappa shape index (κ1) is 11.7. The van der Waals surface area contributed by atoms with Crippen LogP contribution < -0.4 is 15.8 Å². The van der Waals surface area contributed by atoms with E-state index >= 15 is 0 Å². The average Bonchev–Trinajstić information content (AvgIpc) is 2.71. The van der Waals surface area contributed by atoms with Crippen molar-refractivity contribution < 1.29 is 9.53 Å². The fourth-order valence-electron chi connectivity index (χ4n) is 2.07. The van der Waals surface area contributed by atoms with E-state index in [0.717, 1.165) is 11.3 Å². The number of nitrogens with zero attached hydrogens (tertiary/aromatic N) is 1. The molecule has 0 spiro atoms. The van der Waals surface area contributed by atoms with Crippen LogP contribution >= 0.6 is 0 Å². The molecule has 17 heavy (non-hydrogen) atoms. The second-order valence-electron chi connectivity index (χ2n) is 3.98. The van der Waals surface area contributed by atoms with Crippen LogP contribution in [0, 0.1) is 0 Å². The van der Waals surface area contributed by atoms with E-state index in [4.69, 9.17) is 10.5 Å². The van der Waals surface area contributed by atoms with Crippen LogP contribution in [0.2, 0.25) is 0 Å². The quantitative estimate of drug-likeness (QED) is 0.808. The van der Waals surface area contributed by atoms with Crippen LogP contribution in [-0.2, 0) is 0 Å². The summed E-state index contributed by atoms with van der Waals surface area (Å²) >= 11 is 0. The van der Waals surface area contributed by atoms with Gasteiger partial charge in [-0.1, -0.05) is 18.2 Å². The van der Waals surface area contributed by atoms with E-state index in [0.29, 0.717) is 19.6 Å². The summed E-state index contributed by atoms with van der Waals surface area (Å²) in [4.78, 5) is 13.4. The van der Waals surface area contributed by atoms with E-state index in [2.05, 4.69) is 5.32 Å². The van der Waals surface area contributed by atoms with E-state index in [9.17, 15) is 4.79 Å². The minimum atomic E-state index is -0.0636. The lowest BCUT2D eigenvalue weighted by Crippen LogP contribution is -2.32. The maximum atomic E-state index is 11.7. The van der Waals surface area contributed by atoms with E-state index in [1.54, 1.807) is 12.0 Å². The van der Waals surface area contributed by atoms with Crippen molar-refractivity contribution >= 4 is 6.03 Å². The number of urea groups is 1. The summed E-state index contributed by atoms with van der Waals surface area (Å²) in [6.07, 6.45) is 0. The number of methoxy groups -OCH3 is 1. The first-order valence-electron chi connectivity index (χ1n) is 5.64. The van der Waals surface area contributed by atoms with Gasteiger partial charge in [-0.2, -0.15) is 0 Å². The fraction of sp³-hybridized carbons (Fsp3) is 0.417. The highest BCUT2D eigenvalue weighted by Crippen LogP contribution is 2.28. The first-order chi connectivity index (χ1) is 8.26. The van der Waals surface area contributed by atoms with Crippen LogP contribution in [0.25, 0.3) is 0 Å². The van der Waals surface area contributed by atoms with Crippen molar-refractivity contribution in [1.82, 2.24) is 10.2 Å². The highest BCUT2D eigenvalue weighted by atomic mass is 16.5. The van der Waals surface area contributed by atoms with Crippen molar-refractivity contribution in [2.24, 2.45) is 5.73 Å². The predicted octanol–water partition coefficient (Wildman–Crippen LogP) is 0.720. The maximum absolute atomic E-state index is 11.7. The van der Waals surface area contributed by atoms with Crippen LogP contribution in [0.1, 0.15) is 11.6 Å². The Morgan fingerprint density at radius 2 is 2.29 bits per heavy atom. The van der Waals surface area contributed by atoms with E-state index < -0.39 is 0 Å². The summed E-state index contributed by atoms with van der Waals surface area (Å²) in [7, 11) is 1.63. The van der Waals surface area contributed by atoms with Crippen LogP contribution in [-0.4, -0.2) is 37.7 Å². The topological polar surface area (TPSA) is 67.6 Å². The van der Waals surface area contributed by atoms with Gasteiger partial charge in [0.1, 0.15) is 5.75 Å². The van der Waals surface area contributed by atoms with Gasteiger partial charge in [0.25, 0.3) is 0 Å². The van der Waals surface area contributed by atoms with Gasteiger partial charge in [0.2, 0.25) is 0 Å². The Bertz CT molecular complexity index is 408. The number of para-hydroxylation sites is 1. The van der Waals surface area contributed by atoms with Gasteiger partial charge in [-0.15, -0.1) is 0 Å². The van der Waals surface area contributed by atoms with Gasteiger partial charge in [0.15, 0.2) is 0 Å². The number of carbonyl (C=O) groups excluding carboxylic acids is 1. The zero-order valence-electron chi connectivity index (χ0n) is 9.85. The van der Waals surface area contributed by atoms with Crippen molar-refractivity contribution in [1.29, 1.82) is 0 Å². The SMILES string of the molecule is COc1ccccc1C1CN(CCN)C(=O)N1. The third-order valence-corrected chi connectivity index (χ3v) is 2.90. The summed E-state index contributed by atoms with van der Waals surface area (Å²) < 4.78 is 5.29. The third-order valence-electron chi connectivity index (χ3n) is 2.90. The van der Waals surface area contributed by atoms with Gasteiger partial charge < -0.3 is 20.7 Å². The van der Waals surface area contributed by atoms with E-state index in [1.807, 2.05) is 24.3 Å². The number of amides is 2. The molecule has 1 aromatic rings. The smallest absolute Gasteiger partial charge is 0.318 e. The van der Waals surface area contributed by atoms with Gasteiger partial charge >= 0.3 is 6.03 Å². The maximum Gasteiger partial charge on any atom is 0.318 e. The highest BCUT2D eigenvalue weighted by Gasteiger charge is 2.30. The lowest BCUT2D eigenvalue weighted by molar-refractivity contribution is 0.218. The standard InChI is InChI=1S/C12H17N3O2/c1-17-11-5-3-2-4-9(11)10-8-15(7-6-13)12(16)14-10/h2-5,10H,6-8,13H2,1H3,(H,14,16). The first-order valence-corrected chi connectivity index (χ1v) is 5.64. The van der Waals surface area contributed by atoms with Crippen molar-refractivity contribution in [3.8, 4) is 5.75 Å². The molecule has 1 aromatic carbocycles. The van der Waals surface area contributed by atoms with Gasteiger partial charge in [-0.05, 0) is 6.07 Å². The van der Waals surface area contributed by atoms with Crippen molar-refractivity contribution in [3.63, 3.8) is 0 Å². The Balaban J connectivity index is 2.16. The molecule has 1 fully saturated rings. The molecule has 92 valence electrons. The second-order valence-corrected chi connectivity index (χ2v) is 3.98. The Hall–Kier alpha value is -1.75. The molecule has 0 saturated carbocycles. The molecule has 1 unspecified atom stereocenters. The van der Waals surface area contributed by atoms with Gasteiger partial charge in [-0.3, -0.25) is 0 Å². The Kier molecular flexibility index (Phi) is 3.49. The number of benzene rings is 1. The molecule has 1 heterocycles. The lowest BCUT2D eigenvalue weighted by atomic mass is 10.1. The third kappa shape index (κ3) is 2.34. The fourth-order valence-corrected chi connectivity index (χ4v) is 2.07. The molecule has 0 aliphatic carbocycles. The molecular formula is C12H17N3O2. The van der Waals surface area contributed by atoms with E-state index in [1.165, 1.54) is 0 Å². The molecule has 5 nitrogen and oxygen atoms in total. The van der Waals surface area contributed by atoms with Crippen LogP contribution in [0.5, 0.6) is 5.75 Å².